The zero-order chi connectivity index (χ0) is 8.15. The lowest BCUT2D eigenvalue weighted by Gasteiger charge is -2.11. The molecule has 0 heterocycles. The Morgan fingerprint density at radius 3 is 2.40 bits per heavy atom. The van der Waals surface area contributed by atoms with Crippen molar-refractivity contribution in [2.24, 2.45) is 5.92 Å². The van der Waals surface area contributed by atoms with E-state index >= 15 is 0 Å². The van der Waals surface area contributed by atoms with Gasteiger partial charge in [0.1, 0.15) is 0 Å². The zero-order valence-corrected chi connectivity index (χ0v) is 6.86. The lowest BCUT2D eigenvalue weighted by molar-refractivity contribution is -0.123. The molecule has 0 aliphatic carbocycles. The third kappa shape index (κ3) is 2.95. The highest BCUT2D eigenvalue weighted by molar-refractivity contribution is 5.80. The quantitative estimate of drug-likeness (QED) is 0.595. The Morgan fingerprint density at radius 2 is 2.10 bits per heavy atom. The standard InChI is InChI=1S/C8H15FO/c1-4-5-6(2)8(9)7(3)10/h6,8H,4-5H2,1-3H3. The minimum absolute atomic E-state index is 0.109. The first-order chi connectivity index (χ1) is 4.59. The van der Waals surface area contributed by atoms with Gasteiger partial charge in [-0.2, -0.15) is 0 Å². The maximum Gasteiger partial charge on any atom is 0.164 e. The Balaban J connectivity index is 3.69. The minimum Gasteiger partial charge on any atom is -0.297 e. The summed E-state index contributed by atoms with van der Waals surface area (Å²) in [6.07, 6.45) is 0.482. The van der Waals surface area contributed by atoms with Crippen molar-refractivity contribution in [1.82, 2.24) is 0 Å². The molecule has 2 atom stereocenters. The maximum atomic E-state index is 12.8. The Labute approximate surface area is 61.6 Å². The number of carbonyl (C=O) groups is 1. The van der Waals surface area contributed by atoms with E-state index in [-0.39, 0.29) is 11.7 Å². The molecule has 60 valence electrons. The SMILES string of the molecule is CCCC(C)C(F)C(C)=O. The van der Waals surface area contributed by atoms with E-state index in [2.05, 4.69) is 0 Å². The van der Waals surface area contributed by atoms with Crippen LogP contribution >= 0.6 is 0 Å². The van der Waals surface area contributed by atoms with Crippen LogP contribution < -0.4 is 0 Å². The molecule has 2 heteroatoms. The molecular weight excluding hydrogens is 131 g/mol. The van der Waals surface area contributed by atoms with Gasteiger partial charge in [-0.25, -0.2) is 4.39 Å². The molecule has 10 heavy (non-hydrogen) atoms. The molecule has 2 unspecified atom stereocenters. The van der Waals surface area contributed by atoms with Crippen molar-refractivity contribution in [3.8, 4) is 0 Å². The van der Waals surface area contributed by atoms with Gasteiger partial charge in [0.25, 0.3) is 0 Å². The van der Waals surface area contributed by atoms with Crippen LogP contribution in [0.4, 0.5) is 4.39 Å². The highest BCUT2D eigenvalue weighted by Crippen LogP contribution is 2.14. The van der Waals surface area contributed by atoms with Crippen molar-refractivity contribution in [3.63, 3.8) is 0 Å². The molecule has 0 fully saturated rings. The van der Waals surface area contributed by atoms with Crippen LogP contribution in [0.15, 0.2) is 0 Å². The Hall–Kier alpha value is -0.400. The fourth-order valence-corrected chi connectivity index (χ4v) is 1.00. The number of hydrogen-bond donors (Lipinski definition) is 0. The predicted molar refractivity (Wildman–Crippen MR) is 39.6 cm³/mol. The Kier molecular flexibility index (Phi) is 4.24. The number of hydrogen-bond acceptors (Lipinski definition) is 1. The first-order valence-electron chi connectivity index (χ1n) is 3.74. The molecule has 0 spiro atoms. The van der Waals surface area contributed by atoms with E-state index < -0.39 is 6.17 Å². The number of ketones is 1. The van der Waals surface area contributed by atoms with Crippen LogP contribution in [0.5, 0.6) is 0 Å². The second kappa shape index (κ2) is 4.42. The van der Waals surface area contributed by atoms with Crippen molar-refractivity contribution in [3.05, 3.63) is 0 Å². The molecule has 0 N–H and O–H groups in total. The van der Waals surface area contributed by atoms with Crippen LogP contribution in [-0.4, -0.2) is 12.0 Å². The van der Waals surface area contributed by atoms with Crippen LogP contribution in [-0.2, 0) is 4.79 Å². The lowest BCUT2D eigenvalue weighted by Crippen LogP contribution is -2.20. The van der Waals surface area contributed by atoms with Crippen molar-refractivity contribution < 1.29 is 9.18 Å². The molecule has 0 aliphatic rings. The summed E-state index contributed by atoms with van der Waals surface area (Å²) in [5.41, 5.74) is 0. The average Bonchev–Trinajstić information content (AvgIpc) is 1.87. The molecule has 0 saturated heterocycles. The molecule has 0 aromatic heterocycles. The normalized spacial score (nSPS) is 16.4. The van der Waals surface area contributed by atoms with Crippen molar-refractivity contribution in [2.45, 2.75) is 39.8 Å². The van der Waals surface area contributed by atoms with Crippen molar-refractivity contribution in [2.75, 3.05) is 0 Å². The molecular formula is C8H15FO. The van der Waals surface area contributed by atoms with Crippen LogP contribution in [0.2, 0.25) is 0 Å². The molecule has 0 aromatic rings. The molecule has 0 aromatic carbocycles. The van der Waals surface area contributed by atoms with E-state index in [1.54, 1.807) is 6.92 Å². The molecule has 0 rings (SSSR count). The molecule has 0 amide bonds. The van der Waals surface area contributed by atoms with Gasteiger partial charge in [0.2, 0.25) is 0 Å². The summed E-state index contributed by atoms with van der Waals surface area (Å²) in [5, 5.41) is 0. The summed E-state index contributed by atoms with van der Waals surface area (Å²) in [7, 11) is 0. The fourth-order valence-electron chi connectivity index (χ4n) is 1.00. The van der Waals surface area contributed by atoms with Crippen molar-refractivity contribution >= 4 is 5.78 Å². The molecule has 0 bridgehead atoms. The van der Waals surface area contributed by atoms with Crippen LogP contribution in [0, 0.1) is 5.92 Å². The Morgan fingerprint density at radius 1 is 1.60 bits per heavy atom. The van der Waals surface area contributed by atoms with Gasteiger partial charge in [-0.1, -0.05) is 20.3 Å². The molecule has 0 aliphatic heterocycles. The van der Waals surface area contributed by atoms with Gasteiger partial charge in [0, 0.05) is 0 Å². The second-order valence-electron chi connectivity index (χ2n) is 2.78. The van der Waals surface area contributed by atoms with E-state index in [9.17, 15) is 9.18 Å². The van der Waals surface area contributed by atoms with E-state index in [0.29, 0.717) is 0 Å². The number of Topliss-reactive ketones (excluding diaryl/α,β-unsaturated/α-hetero) is 1. The predicted octanol–water partition coefficient (Wildman–Crippen LogP) is 2.35. The van der Waals surface area contributed by atoms with E-state index in [1.807, 2.05) is 6.92 Å². The monoisotopic (exact) mass is 146 g/mol. The van der Waals surface area contributed by atoms with E-state index in [0.717, 1.165) is 12.8 Å². The molecule has 0 radical (unpaired) electrons. The molecule has 1 nitrogen and oxygen atoms in total. The van der Waals surface area contributed by atoms with E-state index in [1.165, 1.54) is 6.92 Å². The van der Waals surface area contributed by atoms with E-state index in [4.69, 9.17) is 0 Å². The van der Waals surface area contributed by atoms with Gasteiger partial charge in [0.05, 0.1) is 0 Å². The van der Waals surface area contributed by atoms with Gasteiger partial charge in [-0.3, -0.25) is 4.79 Å². The lowest BCUT2D eigenvalue weighted by atomic mass is 9.98. The summed E-state index contributed by atoms with van der Waals surface area (Å²) in [5.74, 6) is -0.455. The maximum absolute atomic E-state index is 12.8. The number of carbonyl (C=O) groups excluding carboxylic acids is 1. The van der Waals surface area contributed by atoms with Gasteiger partial charge in [-0.15, -0.1) is 0 Å². The van der Waals surface area contributed by atoms with Gasteiger partial charge in [-0.05, 0) is 19.3 Å². The summed E-state index contributed by atoms with van der Waals surface area (Å²) < 4.78 is 12.8. The topological polar surface area (TPSA) is 17.1 Å². The smallest absolute Gasteiger partial charge is 0.164 e. The second-order valence-corrected chi connectivity index (χ2v) is 2.78. The minimum atomic E-state index is -1.25. The summed E-state index contributed by atoms with van der Waals surface area (Å²) in [4.78, 5) is 10.5. The number of halogens is 1. The number of rotatable bonds is 4. The van der Waals surface area contributed by atoms with Gasteiger partial charge in [0.15, 0.2) is 12.0 Å². The first-order valence-corrected chi connectivity index (χ1v) is 3.74. The first kappa shape index (κ1) is 9.60. The van der Waals surface area contributed by atoms with Crippen LogP contribution in [0.25, 0.3) is 0 Å². The fraction of sp³-hybridized carbons (Fsp3) is 0.875. The molecule has 0 saturated carbocycles. The van der Waals surface area contributed by atoms with Crippen molar-refractivity contribution in [1.29, 1.82) is 0 Å². The Bertz CT molecular complexity index is 112. The van der Waals surface area contributed by atoms with Crippen LogP contribution in [0.3, 0.4) is 0 Å². The third-order valence-electron chi connectivity index (χ3n) is 1.63. The average molecular weight is 146 g/mol. The number of alkyl halides is 1. The van der Waals surface area contributed by atoms with Crippen LogP contribution in [0.1, 0.15) is 33.6 Å². The highest BCUT2D eigenvalue weighted by Gasteiger charge is 2.19. The zero-order valence-electron chi connectivity index (χ0n) is 6.86. The summed E-state index contributed by atoms with van der Waals surface area (Å²) in [6.45, 7) is 5.07. The third-order valence-corrected chi connectivity index (χ3v) is 1.63. The highest BCUT2D eigenvalue weighted by atomic mass is 19.1. The van der Waals surface area contributed by atoms with Gasteiger partial charge >= 0.3 is 0 Å². The largest absolute Gasteiger partial charge is 0.297 e. The summed E-state index contributed by atoms with van der Waals surface area (Å²) in [6, 6.07) is 0. The summed E-state index contributed by atoms with van der Waals surface area (Å²) >= 11 is 0. The van der Waals surface area contributed by atoms with Gasteiger partial charge < -0.3 is 0 Å².